The standard InChI is InChI=1S/C84H23NO3/c1-85-17-83-78-70-62-52-42-34-26-24-25-28-32-30(26)38-46-40(32)50-44-36(28)37-29(25)33-31-27(24)35(34)43-49-39(31)47-41(33)51-45(37)55-54(44)66-60(50)68-58(46)64(56(62)48(38)42)72(78)74(68)80-76(66)77-67(55)61(51)69-59(47)65-57(49)63(53(43)52)71(70)79(83)73(65)75(69)81(77)84(80,83)82(85)21-7-11-23(12-8-21)88-16-20-4-2-3-19(13-20)15-87-22-9-5-18(14-86)6-10-22/h2-14,82H,15-17H2,1H3. The Balaban J connectivity index is 0.777. The average molecular weight is 1090 g/mol. The van der Waals surface area contributed by atoms with Crippen LogP contribution in [0.1, 0.15) is 55.3 Å². The Bertz CT molecular complexity index is 8240. The summed E-state index contributed by atoms with van der Waals surface area (Å²) in [6.45, 7) is 1.88. The molecule has 31 aromatic rings. The maximum atomic E-state index is 11.3. The van der Waals surface area contributed by atoms with Gasteiger partial charge in [-0.15, -0.1) is 0 Å². The van der Waals surface area contributed by atoms with Gasteiger partial charge in [-0.3, -0.25) is 9.69 Å². The Morgan fingerprint density at radius 1 is 0.341 bits per heavy atom. The molecule has 36 rings (SSSR count). The minimum Gasteiger partial charge on any atom is -0.489 e. The van der Waals surface area contributed by atoms with Gasteiger partial charge in [0.05, 0.1) is 10.8 Å². The lowest BCUT2D eigenvalue weighted by Crippen LogP contribution is -2.51. The molecule has 4 aliphatic carbocycles. The summed E-state index contributed by atoms with van der Waals surface area (Å²) >= 11 is 0. The monoisotopic (exact) mass is 1090 g/mol. The number of carbonyl (C=O) groups is 1. The number of ether oxygens (including phenoxy) is 2. The molecule has 2 spiro atoms. The third kappa shape index (κ3) is 2.32. The van der Waals surface area contributed by atoms with Crippen molar-refractivity contribution in [1.82, 2.24) is 4.90 Å². The third-order valence-electron chi connectivity index (χ3n) is 28.9. The first-order chi connectivity index (χ1) is 43.7. The molecule has 4 heteroatoms. The van der Waals surface area contributed by atoms with E-state index in [1.54, 1.807) is 325 Å². The van der Waals surface area contributed by atoms with Crippen molar-refractivity contribution >= 4 is 297 Å². The zero-order valence-corrected chi connectivity index (χ0v) is 45.9. The normalized spacial score (nSPS) is 21.3. The summed E-state index contributed by atoms with van der Waals surface area (Å²) in [6, 6.07) is 25.6. The van der Waals surface area contributed by atoms with Crippen molar-refractivity contribution < 1.29 is 14.3 Å². The van der Waals surface area contributed by atoms with Crippen LogP contribution in [0.4, 0.5) is 0 Å². The molecule has 0 amide bonds. The van der Waals surface area contributed by atoms with E-state index in [2.05, 4.69) is 60.5 Å². The van der Waals surface area contributed by atoms with Crippen LogP contribution in [0, 0.1) is 0 Å². The van der Waals surface area contributed by atoms with Gasteiger partial charge in [-0.05, 0) is 379 Å². The molecule has 1 unspecified atom stereocenters. The van der Waals surface area contributed by atoms with E-state index in [1.165, 1.54) is 5.56 Å². The molecule has 0 radical (unpaired) electrons. The van der Waals surface area contributed by atoms with Gasteiger partial charge < -0.3 is 9.47 Å². The van der Waals surface area contributed by atoms with Crippen molar-refractivity contribution in [3.63, 3.8) is 0 Å². The highest BCUT2D eigenvalue weighted by Gasteiger charge is 2.76. The van der Waals surface area contributed by atoms with Crippen molar-refractivity contribution in [3.05, 3.63) is 117 Å². The molecular formula is C84H23NO3. The Kier molecular flexibility index (Phi) is 3.79. The topological polar surface area (TPSA) is 38.8 Å². The first kappa shape index (κ1) is 36.4. The van der Waals surface area contributed by atoms with Gasteiger partial charge in [0, 0.05) is 18.2 Å². The zero-order chi connectivity index (χ0) is 53.8. The summed E-state index contributed by atoms with van der Waals surface area (Å²) < 4.78 is 13.0. The van der Waals surface area contributed by atoms with Gasteiger partial charge in [0.15, 0.2) is 0 Å². The van der Waals surface area contributed by atoms with E-state index in [4.69, 9.17) is 9.47 Å². The molecule has 1 aliphatic heterocycles. The van der Waals surface area contributed by atoms with Crippen LogP contribution in [0.5, 0.6) is 11.5 Å². The summed E-state index contributed by atoms with van der Waals surface area (Å²) in [5.74, 6) is 1.65. The highest BCUT2D eigenvalue weighted by Crippen LogP contribution is 2.87. The van der Waals surface area contributed by atoms with Gasteiger partial charge in [0.25, 0.3) is 0 Å². The number of carbonyl (C=O) groups excluding carboxylic acids is 1. The highest BCUT2D eigenvalue weighted by atomic mass is 16.5. The number of benzene rings is 21. The largest absolute Gasteiger partial charge is 0.489 e. The van der Waals surface area contributed by atoms with E-state index in [0.717, 1.165) is 35.5 Å². The van der Waals surface area contributed by atoms with Crippen LogP contribution in [0.2, 0.25) is 0 Å². The summed E-state index contributed by atoms with van der Waals surface area (Å²) in [5, 5.41) is 88.8. The fraction of sp³-hybridized carbons (Fsp3) is 0.0833. The first-order valence-corrected chi connectivity index (χ1v) is 32.1. The molecule has 382 valence electrons. The van der Waals surface area contributed by atoms with Gasteiger partial charge in [-0.2, -0.15) is 0 Å². The molecule has 1 atom stereocenters. The SMILES string of the molecule is CN1CC23c4c5c6c7c8c9c(c%10c%11c2c2c4c4c%12c5c5c6c6c8c8c%13c9c9c%10c%10c%11c%11c2c2c4c4c%12c%12c5c5c6c8c6c8c%13c9c9c%10c%10c%11c2c2c4c4c%12c5c6c5c8c9c%10c2c45)C73C1c1ccc(OCc2cccc(COc3ccc(C=O)cc3)c2)cc1. The minimum atomic E-state index is -0.408. The van der Waals surface area contributed by atoms with Crippen LogP contribution in [0.15, 0.2) is 72.8 Å². The van der Waals surface area contributed by atoms with E-state index in [9.17, 15) is 4.79 Å². The molecule has 0 N–H and O–H groups in total. The average Bonchev–Trinajstić information content (AvgIpc) is 1.38. The predicted octanol–water partition coefficient (Wildman–Crippen LogP) is 21.0. The number of nitrogens with zero attached hydrogens (tertiary/aromatic N) is 1. The second-order valence-corrected chi connectivity index (χ2v) is 30.4. The smallest absolute Gasteiger partial charge is 0.150 e. The fourth-order valence-corrected chi connectivity index (χ4v) is 28.1. The van der Waals surface area contributed by atoms with Crippen molar-refractivity contribution in [3.8, 4) is 11.5 Å². The van der Waals surface area contributed by atoms with Crippen molar-refractivity contribution in [2.45, 2.75) is 30.1 Å². The lowest BCUT2D eigenvalue weighted by molar-refractivity contribution is 0.112. The van der Waals surface area contributed by atoms with Crippen LogP contribution in [0.3, 0.4) is 0 Å². The third-order valence-corrected chi connectivity index (χ3v) is 28.9. The second-order valence-electron chi connectivity index (χ2n) is 30.4. The molecule has 0 aromatic heterocycles. The lowest BCUT2D eigenvalue weighted by atomic mass is 9.47. The van der Waals surface area contributed by atoms with E-state index >= 15 is 0 Å². The summed E-state index contributed by atoms with van der Waals surface area (Å²) in [6.07, 6.45) is 0.867. The maximum Gasteiger partial charge on any atom is 0.150 e. The summed E-state index contributed by atoms with van der Waals surface area (Å²) in [4.78, 5) is 14.2. The van der Waals surface area contributed by atoms with Crippen LogP contribution in [0.25, 0.3) is 291 Å². The molecular weight excluding hydrogens is 1070 g/mol. The molecule has 88 heavy (non-hydrogen) atoms. The van der Waals surface area contributed by atoms with E-state index < -0.39 is 5.41 Å². The summed E-state index contributed by atoms with van der Waals surface area (Å²) in [5.41, 5.74) is 10.4. The first-order valence-electron chi connectivity index (χ1n) is 32.1. The van der Waals surface area contributed by atoms with Gasteiger partial charge in [0.1, 0.15) is 31.0 Å². The van der Waals surface area contributed by atoms with Gasteiger partial charge >= 0.3 is 0 Å². The van der Waals surface area contributed by atoms with Gasteiger partial charge in [-0.1, -0.05) is 30.3 Å². The quantitative estimate of drug-likeness (QED) is 0.112. The van der Waals surface area contributed by atoms with E-state index in [-0.39, 0.29) is 11.5 Å². The van der Waals surface area contributed by atoms with Crippen LogP contribution >= 0.6 is 0 Å². The van der Waals surface area contributed by atoms with Crippen LogP contribution < -0.4 is 9.47 Å². The number of aldehydes is 1. The van der Waals surface area contributed by atoms with Gasteiger partial charge in [0.2, 0.25) is 0 Å². The van der Waals surface area contributed by atoms with E-state index in [0.29, 0.717) is 18.8 Å². The number of hydrogen-bond donors (Lipinski definition) is 0. The molecule has 0 bridgehead atoms. The fourth-order valence-electron chi connectivity index (χ4n) is 28.1. The zero-order valence-electron chi connectivity index (χ0n) is 45.9. The lowest BCUT2D eigenvalue weighted by Gasteiger charge is -2.52. The van der Waals surface area contributed by atoms with Crippen LogP contribution in [-0.2, 0) is 24.0 Å². The molecule has 5 aliphatic rings. The Labute approximate surface area is 485 Å². The number of rotatable bonds is 8. The number of likely N-dealkylation sites (tertiary alicyclic amines) is 1. The van der Waals surface area contributed by atoms with Crippen molar-refractivity contribution in [2.75, 3.05) is 13.6 Å². The second kappa shape index (κ2) is 9.18. The number of hydrogen-bond acceptors (Lipinski definition) is 4. The molecule has 1 fully saturated rings. The Morgan fingerprint density at radius 2 is 0.591 bits per heavy atom. The Hall–Kier alpha value is -10.7. The maximum absolute atomic E-state index is 11.3. The van der Waals surface area contributed by atoms with Crippen molar-refractivity contribution in [2.24, 2.45) is 0 Å². The predicted molar refractivity (Wildman–Crippen MR) is 363 cm³/mol. The van der Waals surface area contributed by atoms with Crippen LogP contribution in [-0.4, -0.2) is 24.8 Å². The molecule has 0 saturated carbocycles. The minimum absolute atomic E-state index is 0.0589. The summed E-state index contributed by atoms with van der Waals surface area (Å²) in [7, 11) is 2.55. The highest BCUT2D eigenvalue weighted by molar-refractivity contribution is 6.82. The van der Waals surface area contributed by atoms with E-state index in [1.807, 2.05) is 12.1 Å². The Morgan fingerprint density at radius 3 is 0.864 bits per heavy atom. The molecule has 1 heterocycles. The van der Waals surface area contributed by atoms with Crippen molar-refractivity contribution in [1.29, 1.82) is 0 Å². The number of likely N-dealkylation sites (N-methyl/N-ethyl adjacent to an activating group) is 1. The van der Waals surface area contributed by atoms with Gasteiger partial charge in [-0.25, -0.2) is 0 Å². The molecule has 4 nitrogen and oxygen atoms in total. The molecule has 1 saturated heterocycles. The molecule has 31 aromatic carbocycles.